The summed E-state index contributed by atoms with van der Waals surface area (Å²) in [5.74, 6) is -0.849. The number of aromatic nitrogens is 1. The first kappa shape index (κ1) is 25.6. The summed E-state index contributed by atoms with van der Waals surface area (Å²) in [6, 6.07) is 14.4. The monoisotopic (exact) mass is 540 g/mol. The van der Waals surface area contributed by atoms with Gasteiger partial charge in [-0.1, -0.05) is 41.6 Å². The molecule has 198 valence electrons. The number of carbonyl (C=O) groups excluding carboxylic acids is 2. The standard InChI is InChI=1S/C26H25FN4O6S/c27-22-14-19(31-16-20(37-26(31)34)15-28-23-8-11-36-29-23)6-7-21(22)17-9-12-38(35,13-10-17)30-25(33)24(32)18-4-2-1-3-5-18/h1-9,11,14,20,24,32H,10,12-13,15-16H2,(H,28,29)/t20-,24+,38?/m0/s1. The van der Waals surface area contributed by atoms with Gasteiger partial charge in [0.2, 0.25) is 0 Å². The minimum Gasteiger partial charge on any atom is -0.442 e. The molecule has 2 N–H and O–H groups in total. The summed E-state index contributed by atoms with van der Waals surface area (Å²) >= 11 is 0. The van der Waals surface area contributed by atoms with E-state index in [1.54, 1.807) is 54.6 Å². The highest BCUT2D eigenvalue weighted by Gasteiger charge is 2.33. The lowest BCUT2D eigenvalue weighted by Gasteiger charge is -2.19. The van der Waals surface area contributed by atoms with E-state index in [0.717, 1.165) is 0 Å². The number of aliphatic hydroxyl groups excluding tert-OH is 1. The van der Waals surface area contributed by atoms with Crippen molar-refractivity contribution in [2.45, 2.75) is 18.6 Å². The van der Waals surface area contributed by atoms with Crippen molar-refractivity contribution in [3.05, 3.63) is 83.9 Å². The number of ether oxygens (including phenoxy) is 1. The van der Waals surface area contributed by atoms with E-state index in [4.69, 9.17) is 9.26 Å². The second-order valence-corrected chi connectivity index (χ2v) is 11.4. The summed E-state index contributed by atoms with van der Waals surface area (Å²) in [6.07, 6.45) is 0.762. The summed E-state index contributed by atoms with van der Waals surface area (Å²) < 4.78 is 42.2. The Hall–Kier alpha value is -4.03. The van der Waals surface area contributed by atoms with Gasteiger partial charge in [-0.3, -0.25) is 9.69 Å². The van der Waals surface area contributed by atoms with E-state index in [1.165, 1.54) is 17.2 Å². The largest absolute Gasteiger partial charge is 0.442 e. The average Bonchev–Trinajstić information content (AvgIpc) is 3.57. The molecule has 12 heteroatoms. The van der Waals surface area contributed by atoms with Crippen LogP contribution in [0.15, 0.2) is 75.8 Å². The fourth-order valence-electron chi connectivity index (χ4n) is 4.30. The number of aliphatic hydroxyl groups is 1. The van der Waals surface area contributed by atoms with Gasteiger partial charge in [0.1, 0.15) is 18.2 Å². The van der Waals surface area contributed by atoms with Gasteiger partial charge in [0.25, 0.3) is 5.91 Å². The number of rotatable bonds is 7. The number of nitrogens with one attached hydrogen (secondary N) is 1. The summed E-state index contributed by atoms with van der Waals surface area (Å²) in [5.41, 5.74) is 1.69. The molecule has 0 aliphatic carbocycles. The van der Waals surface area contributed by atoms with Crippen molar-refractivity contribution in [3.63, 3.8) is 0 Å². The molecule has 3 aromatic rings. The smallest absolute Gasteiger partial charge is 0.414 e. The topological polar surface area (TPSA) is 134 Å². The number of amides is 2. The Morgan fingerprint density at radius 2 is 2.08 bits per heavy atom. The molecule has 1 saturated heterocycles. The van der Waals surface area contributed by atoms with Gasteiger partial charge in [0, 0.05) is 17.4 Å². The van der Waals surface area contributed by atoms with Crippen LogP contribution in [-0.2, 0) is 19.3 Å². The lowest BCUT2D eigenvalue weighted by molar-refractivity contribution is -0.125. The molecule has 0 radical (unpaired) electrons. The van der Waals surface area contributed by atoms with Crippen LogP contribution in [0.5, 0.6) is 0 Å². The molecule has 0 bridgehead atoms. The third kappa shape index (κ3) is 5.60. The van der Waals surface area contributed by atoms with Gasteiger partial charge < -0.3 is 19.7 Å². The molecule has 2 aromatic carbocycles. The molecule has 38 heavy (non-hydrogen) atoms. The van der Waals surface area contributed by atoms with Crippen molar-refractivity contribution in [3.8, 4) is 0 Å². The van der Waals surface area contributed by atoms with Crippen LogP contribution in [0.2, 0.25) is 0 Å². The third-order valence-corrected chi connectivity index (χ3v) is 8.36. The molecule has 2 aliphatic heterocycles. The molecule has 1 fully saturated rings. The second-order valence-electron chi connectivity index (χ2n) is 8.91. The maximum atomic E-state index is 15.1. The number of hydrogen-bond acceptors (Lipinski definition) is 8. The molecule has 0 saturated carbocycles. The SMILES string of the molecule is O=C(N=S1(=O)CC=C(c2ccc(N3C[C@H](CNc4ccon4)OC3=O)cc2F)CC1)[C@H](O)c1ccccc1. The average molecular weight is 541 g/mol. The number of cyclic esters (lactones) is 1. The van der Waals surface area contributed by atoms with Crippen molar-refractivity contribution in [2.24, 2.45) is 4.36 Å². The summed E-state index contributed by atoms with van der Waals surface area (Å²) in [7, 11) is -2.92. The Morgan fingerprint density at radius 1 is 1.26 bits per heavy atom. The minimum atomic E-state index is -2.92. The molecule has 3 heterocycles. The van der Waals surface area contributed by atoms with E-state index in [0.29, 0.717) is 34.8 Å². The molecule has 1 unspecified atom stereocenters. The van der Waals surface area contributed by atoms with Gasteiger partial charge >= 0.3 is 6.09 Å². The summed E-state index contributed by atoms with van der Waals surface area (Å²) in [5, 5.41) is 17.0. The van der Waals surface area contributed by atoms with Gasteiger partial charge in [-0.25, -0.2) is 13.4 Å². The summed E-state index contributed by atoms with van der Waals surface area (Å²) in [4.78, 5) is 26.1. The third-order valence-electron chi connectivity index (χ3n) is 6.32. The van der Waals surface area contributed by atoms with E-state index in [1.807, 2.05) is 0 Å². The molecule has 3 atom stereocenters. The van der Waals surface area contributed by atoms with Gasteiger partial charge in [-0.2, -0.15) is 4.36 Å². The molecule has 10 nitrogen and oxygen atoms in total. The van der Waals surface area contributed by atoms with Gasteiger partial charge in [0.15, 0.2) is 11.9 Å². The Labute approximate surface area is 218 Å². The van der Waals surface area contributed by atoms with Crippen molar-refractivity contribution < 1.29 is 32.6 Å². The van der Waals surface area contributed by atoms with Crippen molar-refractivity contribution in [1.29, 1.82) is 0 Å². The number of carbonyl (C=O) groups is 2. The van der Waals surface area contributed by atoms with Crippen LogP contribution in [0, 0.1) is 5.82 Å². The first-order valence-electron chi connectivity index (χ1n) is 11.9. The van der Waals surface area contributed by atoms with Crippen molar-refractivity contribution in [1.82, 2.24) is 5.16 Å². The predicted molar refractivity (Wildman–Crippen MR) is 138 cm³/mol. The Kier molecular flexibility index (Phi) is 7.25. The zero-order chi connectivity index (χ0) is 26.7. The zero-order valence-electron chi connectivity index (χ0n) is 20.2. The molecular formula is C26H25FN4O6S. The predicted octanol–water partition coefficient (Wildman–Crippen LogP) is 3.77. The number of benzene rings is 2. The maximum absolute atomic E-state index is 15.1. The lowest BCUT2D eigenvalue weighted by Crippen LogP contribution is -2.27. The number of nitrogens with zero attached hydrogens (tertiary/aromatic N) is 3. The molecule has 1 aromatic heterocycles. The van der Waals surface area contributed by atoms with E-state index >= 15 is 4.39 Å². The molecule has 2 aliphatic rings. The van der Waals surface area contributed by atoms with Crippen LogP contribution in [0.25, 0.3) is 5.57 Å². The first-order chi connectivity index (χ1) is 18.3. The van der Waals surface area contributed by atoms with Crippen LogP contribution < -0.4 is 10.2 Å². The van der Waals surface area contributed by atoms with E-state index in [-0.39, 0.29) is 24.5 Å². The van der Waals surface area contributed by atoms with Gasteiger partial charge in [-0.05, 0) is 35.8 Å². The maximum Gasteiger partial charge on any atom is 0.414 e. The highest BCUT2D eigenvalue weighted by molar-refractivity contribution is 7.94. The van der Waals surface area contributed by atoms with Crippen molar-refractivity contribution in [2.75, 3.05) is 34.8 Å². The van der Waals surface area contributed by atoms with E-state index < -0.39 is 39.8 Å². The van der Waals surface area contributed by atoms with E-state index in [9.17, 15) is 18.9 Å². The van der Waals surface area contributed by atoms with Crippen LogP contribution in [0.3, 0.4) is 0 Å². The molecule has 5 rings (SSSR count). The number of anilines is 2. The number of allylic oxidation sites excluding steroid dienone is 1. The fourth-order valence-corrected chi connectivity index (χ4v) is 6.06. The number of hydrogen-bond donors (Lipinski definition) is 2. The normalized spacial score (nSPS) is 21.9. The molecule has 2 amide bonds. The van der Waals surface area contributed by atoms with Gasteiger partial charge in [-0.15, -0.1) is 0 Å². The van der Waals surface area contributed by atoms with E-state index in [2.05, 4.69) is 14.8 Å². The minimum absolute atomic E-state index is 0.0323. The second kappa shape index (κ2) is 10.8. The van der Waals surface area contributed by atoms with Crippen LogP contribution >= 0.6 is 0 Å². The zero-order valence-corrected chi connectivity index (χ0v) is 21.0. The highest BCUT2D eigenvalue weighted by atomic mass is 32.2. The summed E-state index contributed by atoms with van der Waals surface area (Å²) in [6.45, 7) is 0.551. The van der Waals surface area contributed by atoms with Crippen LogP contribution in [0.1, 0.15) is 23.7 Å². The first-order valence-corrected chi connectivity index (χ1v) is 13.8. The fraction of sp³-hybridized carbons (Fsp3) is 0.269. The van der Waals surface area contributed by atoms with Crippen LogP contribution in [0.4, 0.5) is 20.7 Å². The van der Waals surface area contributed by atoms with Gasteiger partial charge in [0.05, 0.1) is 34.3 Å². The Morgan fingerprint density at radius 3 is 2.76 bits per heavy atom. The van der Waals surface area contributed by atoms with Crippen LogP contribution in [-0.4, -0.2) is 57.2 Å². The Balaban J connectivity index is 1.24. The quantitative estimate of drug-likeness (QED) is 0.463. The number of halogens is 1. The lowest BCUT2D eigenvalue weighted by atomic mass is 10.0. The molecular weight excluding hydrogens is 515 g/mol. The van der Waals surface area contributed by atoms with Crippen molar-refractivity contribution >= 4 is 38.8 Å². The highest BCUT2D eigenvalue weighted by Crippen LogP contribution is 2.31. The molecule has 0 spiro atoms. The Bertz CT molecular complexity index is 1480.